The lowest BCUT2D eigenvalue weighted by Gasteiger charge is -2.25. The van der Waals surface area contributed by atoms with Gasteiger partial charge in [0.25, 0.3) is 5.91 Å². The van der Waals surface area contributed by atoms with Crippen molar-refractivity contribution in [2.24, 2.45) is 0 Å². The molecule has 1 atom stereocenters. The minimum absolute atomic E-state index is 0.0514. The molecule has 0 heterocycles. The normalized spacial score (nSPS) is 15.2. The molecule has 0 radical (unpaired) electrons. The standard InChI is InChI=1S/C20H20FNO3/c21-17-10-8-15(9-11-17)18(20(24)25)12-22-19(23)16-6-4-14(5-7-16)13-2-1-3-13/h4-11,13,18H,1-3,12H2,(H,22,23)(H,24,25). The molecule has 4 nitrogen and oxygen atoms in total. The molecule has 25 heavy (non-hydrogen) atoms. The van der Waals surface area contributed by atoms with Gasteiger partial charge in [-0.2, -0.15) is 0 Å². The highest BCUT2D eigenvalue weighted by Gasteiger charge is 2.22. The predicted molar refractivity (Wildman–Crippen MR) is 92.1 cm³/mol. The molecule has 0 saturated heterocycles. The van der Waals surface area contributed by atoms with Gasteiger partial charge in [-0.05, 0) is 54.2 Å². The molecule has 0 spiro atoms. The third-order valence-electron chi connectivity index (χ3n) is 4.79. The summed E-state index contributed by atoms with van der Waals surface area (Å²) in [6.07, 6.45) is 3.65. The number of hydrogen-bond donors (Lipinski definition) is 2. The van der Waals surface area contributed by atoms with Crippen LogP contribution >= 0.6 is 0 Å². The summed E-state index contributed by atoms with van der Waals surface area (Å²) >= 11 is 0. The molecule has 1 unspecified atom stereocenters. The van der Waals surface area contributed by atoms with Crippen LogP contribution in [-0.2, 0) is 4.79 Å². The highest BCUT2D eigenvalue weighted by atomic mass is 19.1. The molecule has 0 bridgehead atoms. The number of carbonyl (C=O) groups excluding carboxylic acids is 1. The van der Waals surface area contributed by atoms with Gasteiger partial charge in [0.15, 0.2) is 0 Å². The van der Waals surface area contributed by atoms with Gasteiger partial charge in [-0.15, -0.1) is 0 Å². The fraction of sp³-hybridized carbons (Fsp3) is 0.300. The van der Waals surface area contributed by atoms with E-state index < -0.39 is 17.7 Å². The lowest BCUT2D eigenvalue weighted by atomic mass is 9.80. The van der Waals surface area contributed by atoms with Crippen LogP contribution in [-0.4, -0.2) is 23.5 Å². The maximum absolute atomic E-state index is 13.0. The van der Waals surface area contributed by atoms with Crippen LogP contribution in [0.3, 0.4) is 0 Å². The quantitative estimate of drug-likeness (QED) is 0.842. The molecule has 0 aliphatic heterocycles. The molecule has 1 fully saturated rings. The lowest BCUT2D eigenvalue weighted by Crippen LogP contribution is -2.31. The van der Waals surface area contributed by atoms with Crippen LogP contribution in [0.4, 0.5) is 4.39 Å². The van der Waals surface area contributed by atoms with Gasteiger partial charge in [0.05, 0.1) is 5.92 Å². The van der Waals surface area contributed by atoms with Crippen molar-refractivity contribution < 1.29 is 19.1 Å². The predicted octanol–water partition coefficient (Wildman–Crippen LogP) is 3.69. The number of hydrogen-bond acceptors (Lipinski definition) is 2. The highest BCUT2D eigenvalue weighted by Crippen LogP contribution is 2.36. The molecular formula is C20H20FNO3. The number of benzene rings is 2. The minimum atomic E-state index is -1.06. The summed E-state index contributed by atoms with van der Waals surface area (Å²) in [4.78, 5) is 23.7. The van der Waals surface area contributed by atoms with Gasteiger partial charge < -0.3 is 10.4 Å². The van der Waals surface area contributed by atoms with Crippen LogP contribution in [0.2, 0.25) is 0 Å². The Morgan fingerprint density at radius 3 is 2.24 bits per heavy atom. The SMILES string of the molecule is O=C(NCC(C(=O)O)c1ccc(F)cc1)c1ccc(C2CCC2)cc1. The largest absolute Gasteiger partial charge is 0.481 e. The Kier molecular flexibility index (Phi) is 5.12. The monoisotopic (exact) mass is 341 g/mol. The average Bonchev–Trinajstić information content (AvgIpc) is 2.55. The first-order valence-corrected chi connectivity index (χ1v) is 8.41. The van der Waals surface area contributed by atoms with Crippen molar-refractivity contribution in [2.45, 2.75) is 31.1 Å². The topological polar surface area (TPSA) is 66.4 Å². The van der Waals surface area contributed by atoms with Crippen LogP contribution in [0, 0.1) is 5.82 Å². The second-order valence-electron chi connectivity index (χ2n) is 6.40. The van der Waals surface area contributed by atoms with Crippen molar-refractivity contribution in [3.05, 3.63) is 71.0 Å². The van der Waals surface area contributed by atoms with E-state index in [0.717, 1.165) is 0 Å². The first-order valence-electron chi connectivity index (χ1n) is 8.41. The van der Waals surface area contributed by atoms with E-state index in [4.69, 9.17) is 0 Å². The minimum Gasteiger partial charge on any atom is -0.481 e. The fourth-order valence-electron chi connectivity index (χ4n) is 2.99. The summed E-state index contributed by atoms with van der Waals surface area (Å²) < 4.78 is 13.0. The maximum Gasteiger partial charge on any atom is 0.312 e. The van der Waals surface area contributed by atoms with E-state index >= 15 is 0 Å². The van der Waals surface area contributed by atoms with E-state index in [1.807, 2.05) is 12.1 Å². The van der Waals surface area contributed by atoms with E-state index in [-0.39, 0.29) is 12.5 Å². The van der Waals surface area contributed by atoms with Gasteiger partial charge in [0.2, 0.25) is 0 Å². The van der Waals surface area contributed by atoms with Gasteiger partial charge >= 0.3 is 5.97 Å². The first kappa shape index (κ1) is 17.1. The molecule has 2 aromatic carbocycles. The van der Waals surface area contributed by atoms with E-state index in [0.29, 0.717) is 17.0 Å². The van der Waals surface area contributed by atoms with E-state index in [1.54, 1.807) is 12.1 Å². The molecule has 2 N–H and O–H groups in total. The van der Waals surface area contributed by atoms with Crippen molar-refractivity contribution >= 4 is 11.9 Å². The molecule has 5 heteroatoms. The van der Waals surface area contributed by atoms with Gasteiger partial charge in [0.1, 0.15) is 5.82 Å². The molecular weight excluding hydrogens is 321 g/mol. The smallest absolute Gasteiger partial charge is 0.312 e. The number of carboxylic acids is 1. The third kappa shape index (κ3) is 4.05. The van der Waals surface area contributed by atoms with Crippen LogP contribution in [0.1, 0.15) is 52.6 Å². The lowest BCUT2D eigenvalue weighted by molar-refractivity contribution is -0.138. The average molecular weight is 341 g/mol. The number of nitrogens with one attached hydrogen (secondary N) is 1. The van der Waals surface area contributed by atoms with Crippen LogP contribution < -0.4 is 5.32 Å². The van der Waals surface area contributed by atoms with Gasteiger partial charge in [-0.1, -0.05) is 30.7 Å². The number of halogens is 1. The second kappa shape index (κ2) is 7.47. The Morgan fingerprint density at radius 1 is 1.08 bits per heavy atom. The van der Waals surface area contributed by atoms with E-state index in [1.165, 1.54) is 49.1 Å². The highest BCUT2D eigenvalue weighted by molar-refractivity contribution is 5.94. The van der Waals surface area contributed by atoms with E-state index in [9.17, 15) is 19.1 Å². The van der Waals surface area contributed by atoms with Crippen molar-refractivity contribution in [1.82, 2.24) is 5.32 Å². The number of amides is 1. The Bertz CT molecular complexity index is 752. The first-order chi connectivity index (χ1) is 12.0. The van der Waals surface area contributed by atoms with Gasteiger partial charge in [0, 0.05) is 12.1 Å². The summed E-state index contributed by atoms with van der Waals surface area (Å²) in [5, 5.41) is 12.0. The Hall–Kier alpha value is -2.69. The number of aliphatic carboxylic acids is 1. The Morgan fingerprint density at radius 2 is 1.72 bits per heavy atom. The summed E-state index contributed by atoms with van der Waals surface area (Å²) in [6, 6.07) is 12.8. The Balaban J connectivity index is 1.63. The third-order valence-corrected chi connectivity index (χ3v) is 4.79. The molecule has 1 aliphatic rings. The van der Waals surface area contributed by atoms with Gasteiger partial charge in [-0.3, -0.25) is 9.59 Å². The number of rotatable bonds is 6. The summed E-state index contributed by atoms with van der Waals surface area (Å²) in [5.41, 5.74) is 2.21. The summed E-state index contributed by atoms with van der Waals surface area (Å²) in [6.45, 7) is -0.0514. The Labute approximate surface area is 145 Å². The molecule has 3 rings (SSSR count). The van der Waals surface area contributed by atoms with Crippen LogP contribution in [0.15, 0.2) is 48.5 Å². The zero-order valence-corrected chi connectivity index (χ0v) is 13.7. The molecule has 1 aliphatic carbocycles. The zero-order chi connectivity index (χ0) is 17.8. The fourth-order valence-corrected chi connectivity index (χ4v) is 2.99. The van der Waals surface area contributed by atoms with Crippen molar-refractivity contribution in [2.75, 3.05) is 6.54 Å². The molecule has 130 valence electrons. The molecule has 1 saturated carbocycles. The molecule has 2 aromatic rings. The number of carbonyl (C=O) groups is 2. The zero-order valence-electron chi connectivity index (χ0n) is 13.7. The summed E-state index contributed by atoms with van der Waals surface area (Å²) in [5.74, 6) is -2.12. The van der Waals surface area contributed by atoms with Crippen LogP contribution in [0.25, 0.3) is 0 Å². The van der Waals surface area contributed by atoms with E-state index in [2.05, 4.69) is 5.32 Å². The van der Waals surface area contributed by atoms with Crippen molar-refractivity contribution in [3.63, 3.8) is 0 Å². The van der Waals surface area contributed by atoms with Crippen molar-refractivity contribution in [1.29, 1.82) is 0 Å². The maximum atomic E-state index is 13.0. The number of carboxylic acid groups (broad SMARTS) is 1. The van der Waals surface area contributed by atoms with Gasteiger partial charge in [-0.25, -0.2) is 4.39 Å². The molecule has 0 aromatic heterocycles. The molecule has 1 amide bonds. The summed E-state index contributed by atoms with van der Waals surface area (Å²) in [7, 11) is 0. The van der Waals surface area contributed by atoms with Crippen LogP contribution in [0.5, 0.6) is 0 Å². The van der Waals surface area contributed by atoms with Crippen molar-refractivity contribution in [3.8, 4) is 0 Å². The second-order valence-corrected chi connectivity index (χ2v) is 6.40.